The minimum Gasteiger partial charge on any atom is -0.325 e. The van der Waals surface area contributed by atoms with Crippen LogP contribution in [0.2, 0.25) is 0 Å². The Labute approximate surface area is 172 Å². The molecule has 0 radical (unpaired) electrons. The molecule has 2 aromatic heterocycles. The number of hydrogen-bond donors (Lipinski definition) is 1. The molecule has 0 spiro atoms. The predicted octanol–water partition coefficient (Wildman–Crippen LogP) is 5.71. The number of benzene rings is 2. The van der Waals surface area contributed by atoms with Crippen molar-refractivity contribution in [2.45, 2.75) is 18.9 Å². The van der Waals surface area contributed by atoms with Gasteiger partial charge in [0.15, 0.2) is 0 Å². The minimum absolute atomic E-state index is 0.0484. The highest BCUT2D eigenvalue weighted by Gasteiger charge is 2.14. The molecule has 2 heterocycles. The van der Waals surface area contributed by atoms with E-state index in [1.54, 1.807) is 17.7 Å². The van der Waals surface area contributed by atoms with Crippen LogP contribution in [0.3, 0.4) is 0 Å². The second kappa shape index (κ2) is 8.12. The van der Waals surface area contributed by atoms with Gasteiger partial charge in [-0.3, -0.25) is 4.79 Å². The van der Waals surface area contributed by atoms with E-state index < -0.39 is 0 Å². The fraction of sp³-hybridized carbons (Fsp3) is 0.136. The first kappa shape index (κ1) is 18.7. The van der Waals surface area contributed by atoms with Gasteiger partial charge < -0.3 is 5.32 Å². The number of carbonyl (C=O) groups is 1. The van der Waals surface area contributed by atoms with E-state index in [2.05, 4.69) is 51.9 Å². The molecule has 4 rings (SSSR count). The van der Waals surface area contributed by atoms with Crippen LogP contribution in [0.25, 0.3) is 21.3 Å². The molecule has 2 aromatic carbocycles. The summed E-state index contributed by atoms with van der Waals surface area (Å²) in [7, 11) is 0. The van der Waals surface area contributed by atoms with Gasteiger partial charge in [0.2, 0.25) is 5.91 Å². The number of amides is 1. The number of aryl methyl sites for hydroxylation is 2. The fourth-order valence-corrected chi connectivity index (χ4v) is 4.66. The van der Waals surface area contributed by atoms with Gasteiger partial charge in [-0.2, -0.15) is 0 Å². The number of nitrogens with one attached hydrogen (secondary N) is 1. The van der Waals surface area contributed by atoms with E-state index in [-0.39, 0.29) is 5.91 Å². The maximum absolute atomic E-state index is 12.4. The molecule has 0 saturated carbocycles. The Balaban J connectivity index is 1.55. The van der Waals surface area contributed by atoms with Crippen molar-refractivity contribution in [3.8, 4) is 11.1 Å². The minimum atomic E-state index is -0.0484. The third-order valence-corrected chi connectivity index (χ3v) is 6.25. The van der Waals surface area contributed by atoms with Crippen LogP contribution in [-0.2, 0) is 4.79 Å². The summed E-state index contributed by atoms with van der Waals surface area (Å²) < 4.78 is 0. The molecule has 4 nitrogen and oxygen atoms in total. The van der Waals surface area contributed by atoms with E-state index in [1.165, 1.54) is 17.3 Å². The average molecular weight is 406 g/mol. The van der Waals surface area contributed by atoms with Gasteiger partial charge in [-0.25, -0.2) is 9.97 Å². The third-order valence-electron chi connectivity index (χ3n) is 4.37. The summed E-state index contributed by atoms with van der Waals surface area (Å²) >= 11 is 3.04. The largest absolute Gasteiger partial charge is 0.325 e. The van der Waals surface area contributed by atoms with Crippen molar-refractivity contribution < 1.29 is 4.79 Å². The zero-order valence-electron chi connectivity index (χ0n) is 15.6. The first-order valence-electron chi connectivity index (χ1n) is 8.89. The molecule has 0 fully saturated rings. The molecule has 1 N–H and O–H groups in total. The van der Waals surface area contributed by atoms with Crippen molar-refractivity contribution in [1.82, 2.24) is 9.97 Å². The zero-order valence-corrected chi connectivity index (χ0v) is 17.2. The number of rotatable bonds is 5. The van der Waals surface area contributed by atoms with E-state index in [9.17, 15) is 4.79 Å². The Bertz CT molecular complexity index is 1120. The second-order valence-electron chi connectivity index (χ2n) is 6.58. The number of thiophene rings is 1. The Kier molecular flexibility index (Phi) is 5.41. The normalized spacial score (nSPS) is 10.9. The average Bonchev–Trinajstić information content (AvgIpc) is 3.13. The number of carbonyl (C=O) groups excluding carboxylic acids is 1. The predicted molar refractivity (Wildman–Crippen MR) is 118 cm³/mol. The lowest BCUT2D eigenvalue weighted by Gasteiger charge is -2.07. The lowest BCUT2D eigenvalue weighted by atomic mass is 10.1. The van der Waals surface area contributed by atoms with Crippen LogP contribution >= 0.6 is 23.1 Å². The van der Waals surface area contributed by atoms with Crippen molar-refractivity contribution in [3.63, 3.8) is 0 Å². The molecule has 6 heteroatoms. The molecule has 0 aliphatic rings. The number of fused-ring (bicyclic) bond motifs is 1. The molecule has 0 atom stereocenters. The first-order chi connectivity index (χ1) is 13.6. The van der Waals surface area contributed by atoms with E-state index in [1.807, 2.05) is 31.2 Å². The van der Waals surface area contributed by atoms with Gasteiger partial charge in [-0.05, 0) is 31.5 Å². The first-order valence-corrected chi connectivity index (χ1v) is 10.8. The molecule has 1 amide bonds. The highest BCUT2D eigenvalue weighted by molar-refractivity contribution is 8.00. The molecule has 0 aliphatic heterocycles. The van der Waals surface area contributed by atoms with Crippen LogP contribution in [0, 0.1) is 13.8 Å². The van der Waals surface area contributed by atoms with Crippen LogP contribution in [0.15, 0.2) is 65.3 Å². The summed E-state index contributed by atoms with van der Waals surface area (Å²) in [6.45, 7) is 4.10. The summed E-state index contributed by atoms with van der Waals surface area (Å²) in [5.41, 5.74) is 5.44. The van der Waals surface area contributed by atoms with Crippen LogP contribution in [-0.4, -0.2) is 21.6 Å². The summed E-state index contributed by atoms with van der Waals surface area (Å²) in [4.78, 5) is 22.2. The summed E-state index contributed by atoms with van der Waals surface area (Å²) in [6.07, 6.45) is 1.57. The van der Waals surface area contributed by atoms with Crippen molar-refractivity contribution >= 4 is 44.9 Å². The van der Waals surface area contributed by atoms with Gasteiger partial charge in [0.25, 0.3) is 0 Å². The molecular weight excluding hydrogens is 386 g/mol. The quantitative estimate of drug-likeness (QED) is 0.341. The van der Waals surface area contributed by atoms with Crippen molar-refractivity contribution in [1.29, 1.82) is 0 Å². The van der Waals surface area contributed by atoms with Crippen LogP contribution in [0.4, 0.5) is 5.69 Å². The van der Waals surface area contributed by atoms with E-state index in [0.29, 0.717) is 5.75 Å². The van der Waals surface area contributed by atoms with Crippen LogP contribution in [0.1, 0.15) is 11.1 Å². The zero-order chi connectivity index (χ0) is 19.5. The van der Waals surface area contributed by atoms with E-state index in [0.717, 1.165) is 37.6 Å². The number of nitrogens with zero attached hydrogens (tertiary/aromatic N) is 2. The van der Waals surface area contributed by atoms with Gasteiger partial charge in [-0.1, -0.05) is 59.3 Å². The number of thioether (sulfide) groups is 1. The molecule has 28 heavy (non-hydrogen) atoms. The highest BCUT2D eigenvalue weighted by Crippen LogP contribution is 2.37. The van der Waals surface area contributed by atoms with Gasteiger partial charge >= 0.3 is 0 Å². The monoisotopic (exact) mass is 405 g/mol. The van der Waals surface area contributed by atoms with Gasteiger partial charge in [0, 0.05) is 16.6 Å². The molecule has 0 unspecified atom stereocenters. The highest BCUT2D eigenvalue weighted by atomic mass is 32.2. The maximum atomic E-state index is 12.4. The van der Waals surface area contributed by atoms with Gasteiger partial charge in [0.05, 0.1) is 11.1 Å². The fourth-order valence-electron chi connectivity index (χ4n) is 2.87. The molecule has 0 bridgehead atoms. The molecule has 0 aliphatic carbocycles. The molecule has 0 saturated heterocycles. The third kappa shape index (κ3) is 4.08. The smallest absolute Gasteiger partial charge is 0.234 e. The molecular formula is C22H19N3OS2. The van der Waals surface area contributed by atoms with Crippen LogP contribution < -0.4 is 5.32 Å². The summed E-state index contributed by atoms with van der Waals surface area (Å²) in [5, 5.41) is 6.90. The Hall–Kier alpha value is -2.70. The van der Waals surface area contributed by atoms with Gasteiger partial charge in [0.1, 0.15) is 16.2 Å². The Morgan fingerprint density at radius 2 is 1.68 bits per heavy atom. The lowest BCUT2D eigenvalue weighted by Crippen LogP contribution is -2.14. The molecule has 4 aromatic rings. The second-order valence-corrected chi connectivity index (χ2v) is 8.40. The molecule has 140 valence electrons. The number of anilines is 1. The topological polar surface area (TPSA) is 54.9 Å². The van der Waals surface area contributed by atoms with Crippen molar-refractivity contribution in [2.24, 2.45) is 0 Å². The van der Waals surface area contributed by atoms with Crippen molar-refractivity contribution in [2.75, 3.05) is 11.1 Å². The lowest BCUT2D eigenvalue weighted by molar-refractivity contribution is -0.113. The summed E-state index contributed by atoms with van der Waals surface area (Å²) in [6, 6.07) is 16.2. The van der Waals surface area contributed by atoms with Gasteiger partial charge in [-0.15, -0.1) is 11.3 Å². The number of hydrogen-bond acceptors (Lipinski definition) is 5. The summed E-state index contributed by atoms with van der Waals surface area (Å²) in [5.74, 6) is 0.246. The van der Waals surface area contributed by atoms with E-state index in [4.69, 9.17) is 0 Å². The Morgan fingerprint density at radius 1 is 1.00 bits per heavy atom. The maximum Gasteiger partial charge on any atom is 0.234 e. The standard InChI is InChI=1S/C22H19N3OS2/c1-14-3-7-16(8-4-14)18-11-27-21-20(18)22(24-13-23-21)28-12-19(26)25-17-9-5-15(2)6-10-17/h3-11,13H,12H2,1-2H3,(H,25,26). The SMILES string of the molecule is Cc1ccc(NC(=O)CSc2ncnc3scc(-c4ccc(C)cc4)c23)cc1. The Morgan fingerprint density at radius 3 is 2.39 bits per heavy atom. The van der Waals surface area contributed by atoms with Crippen molar-refractivity contribution in [3.05, 3.63) is 71.4 Å². The number of aromatic nitrogens is 2. The van der Waals surface area contributed by atoms with Crippen LogP contribution in [0.5, 0.6) is 0 Å². The van der Waals surface area contributed by atoms with E-state index >= 15 is 0 Å².